The third-order valence-electron chi connectivity index (χ3n) is 0. The molecule has 194 valence electrons. The molecule has 0 N–H and O–H groups in total. The highest BCUT2D eigenvalue weighted by molar-refractivity contribution is 3.94. The van der Waals surface area contributed by atoms with Crippen LogP contribution in [0.15, 0.2) is 0 Å². The first-order valence-corrected chi connectivity index (χ1v) is 13.7. The second-order valence-corrected chi connectivity index (χ2v) is 6.36. The van der Waals surface area contributed by atoms with Crippen LogP contribution in [0.1, 0.15) is 196 Å². The van der Waals surface area contributed by atoms with Crippen molar-refractivity contribution in [1.82, 2.24) is 0 Å². The number of hydrogen-bond acceptors (Lipinski definition) is 0. The quantitative estimate of drug-likeness (QED) is 0.361. The molecule has 0 nitrogen and oxygen atoms in total. The van der Waals surface area contributed by atoms with Crippen LogP contribution in [0.25, 0.3) is 0 Å². The van der Waals surface area contributed by atoms with Crippen molar-refractivity contribution >= 4 is 0 Å². The van der Waals surface area contributed by atoms with Crippen molar-refractivity contribution in [2.75, 3.05) is 0 Å². The highest BCUT2D eigenvalue weighted by Gasteiger charge is 1.38. The van der Waals surface area contributed by atoms with Crippen molar-refractivity contribution in [2.24, 2.45) is 0 Å². The normalized spacial score (nSPS) is 5.79. The van der Waals surface area contributed by atoms with E-state index in [9.17, 15) is 0 Å². The molecule has 0 fully saturated rings. The minimum Gasteiger partial charge on any atom is -0.0683 e. The molecule has 0 saturated heterocycles. The van der Waals surface area contributed by atoms with E-state index in [0.29, 0.717) is 0 Å². The molecule has 0 heterocycles. The molecule has 0 saturated carbocycles. The molecule has 0 amide bonds. The zero-order chi connectivity index (χ0) is 26.4. The molecule has 0 aromatic rings. The van der Waals surface area contributed by atoms with Gasteiger partial charge in [-0.05, 0) is 0 Å². The second kappa shape index (κ2) is 252. The van der Waals surface area contributed by atoms with Crippen LogP contribution in [0.5, 0.6) is 0 Å². The minimum absolute atomic E-state index is 1.25. The molecule has 0 rings (SSSR count). The summed E-state index contributed by atoms with van der Waals surface area (Å²) < 4.78 is 0. The fourth-order valence-electron chi connectivity index (χ4n) is 0. The van der Waals surface area contributed by atoms with E-state index in [0.717, 1.165) is 0 Å². The van der Waals surface area contributed by atoms with Crippen molar-refractivity contribution in [3.63, 3.8) is 0 Å². The van der Waals surface area contributed by atoms with E-state index in [1.807, 2.05) is 13.8 Å². The van der Waals surface area contributed by atoms with Crippen molar-refractivity contribution in [3.05, 3.63) is 0 Å². The van der Waals surface area contributed by atoms with Gasteiger partial charge >= 0.3 is 0 Å². The Morgan fingerprint density at radius 2 is 0.172 bits per heavy atom. The SMILES string of the molecule is CC.CCC.CCC.CCC.CCC.CCC.CCC.CCC.CCC.CCC. The van der Waals surface area contributed by atoms with Gasteiger partial charge in [-0.1, -0.05) is 196 Å². The molecule has 0 radical (unpaired) electrons. The summed E-state index contributed by atoms with van der Waals surface area (Å²) in [6, 6.07) is 0. The van der Waals surface area contributed by atoms with E-state index >= 15 is 0 Å². The molecule has 0 aliphatic heterocycles. The maximum Gasteiger partial charge on any atom is -0.0590 e. The fraction of sp³-hybridized carbons (Fsp3) is 1.00. The molecular formula is C29H78. The summed E-state index contributed by atoms with van der Waals surface area (Å²) in [6.07, 6.45) is 11.2. The van der Waals surface area contributed by atoms with Crippen LogP contribution in [0.2, 0.25) is 0 Å². The molecule has 0 atom stereocenters. The summed E-state index contributed by atoms with van der Waals surface area (Å²) in [5, 5.41) is 0. The van der Waals surface area contributed by atoms with Gasteiger partial charge in [0.2, 0.25) is 0 Å². The van der Waals surface area contributed by atoms with E-state index in [-0.39, 0.29) is 0 Å². The van der Waals surface area contributed by atoms with Gasteiger partial charge in [0.1, 0.15) is 0 Å². The molecule has 0 heteroatoms. The summed E-state index contributed by atoms with van der Waals surface area (Å²) in [6.45, 7) is 42.2. The van der Waals surface area contributed by atoms with Gasteiger partial charge in [-0.2, -0.15) is 0 Å². The van der Waals surface area contributed by atoms with Crippen LogP contribution < -0.4 is 0 Å². The maximum absolute atomic E-state index is 2.12. The van der Waals surface area contributed by atoms with Crippen LogP contribution in [-0.2, 0) is 0 Å². The van der Waals surface area contributed by atoms with Gasteiger partial charge in [-0.25, -0.2) is 0 Å². The molecule has 0 unspecified atom stereocenters. The molecule has 0 aliphatic rings. The zero-order valence-electron chi connectivity index (χ0n) is 26.4. The second-order valence-electron chi connectivity index (χ2n) is 6.36. The maximum atomic E-state index is 2.12. The third-order valence-corrected chi connectivity index (χ3v) is 0. The Labute approximate surface area is 196 Å². The lowest BCUT2D eigenvalue weighted by molar-refractivity contribution is 1.09. The summed E-state index contributed by atoms with van der Waals surface area (Å²) >= 11 is 0. The summed E-state index contributed by atoms with van der Waals surface area (Å²) in [5.74, 6) is 0. The topological polar surface area (TPSA) is 0 Å². The average molecular weight is 427 g/mol. The average Bonchev–Trinajstić information content (AvgIpc) is 2.62. The largest absolute Gasteiger partial charge is 0.0683 e. The highest BCUT2D eigenvalue weighted by atomic mass is 13.4. The standard InChI is InChI=1S/9C3H8.C2H6/c9*1-3-2;1-2/h9*3H2,1-2H3;1-2H3. The van der Waals surface area contributed by atoms with Gasteiger partial charge in [0.25, 0.3) is 0 Å². The first-order valence-electron chi connectivity index (χ1n) is 13.7. The summed E-state index contributed by atoms with van der Waals surface area (Å²) in [7, 11) is 0. The predicted molar refractivity (Wildman–Crippen MR) is 155 cm³/mol. The molecule has 0 spiro atoms. The Hall–Kier alpha value is 0. The first kappa shape index (κ1) is 63.0. The van der Waals surface area contributed by atoms with E-state index in [4.69, 9.17) is 0 Å². The van der Waals surface area contributed by atoms with Crippen molar-refractivity contribution in [3.8, 4) is 0 Å². The molecule has 0 bridgehead atoms. The molecular weight excluding hydrogens is 348 g/mol. The Morgan fingerprint density at radius 3 is 0.172 bits per heavy atom. The first-order chi connectivity index (χ1) is 13.7. The van der Waals surface area contributed by atoms with Gasteiger partial charge in [0.05, 0.1) is 0 Å². The zero-order valence-corrected chi connectivity index (χ0v) is 26.4. The fourth-order valence-corrected chi connectivity index (χ4v) is 0. The van der Waals surface area contributed by atoms with Crippen molar-refractivity contribution in [2.45, 2.75) is 196 Å². The lowest BCUT2D eigenvalue weighted by Gasteiger charge is -1.48. The lowest BCUT2D eigenvalue weighted by atomic mass is 10.6. The van der Waals surface area contributed by atoms with Gasteiger partial charge < -0.3 is 0 Å². The Bertz CT molecular complexity index is 28.5. The van der Waals surface area contributed by atoms with Crippen LogP contribution in [0, 0.1) is 0 Å². The highest BCUT2D eigenvalue weighted by Crippen LogP contribution is 1.58. The van der Waals surface area contributed by atoms with E-state index in [1.54, 1.807) is 0 Å². The monoisotopic (exact) mass is 427 g/mol. The lowest BCUT2D eigenvalue weighted by Crippen LogP contribution is -1.27. The molecule has 0 aliphatic carbocycles. The Kier molecular flexibility index (Phi) is 547. The molecule has 29 heavy (non-hydrogen) atoms. The Balaban J connectivity index is -0.0000000173. The van der Waals surface area contributed by atoms with Gasteiger partial charge in [0, 0.05) is 0 Å². The minimum atomic E-state index is 1.25. The molecule has 0 aromatic carbocycles. The van der Waals surface area contributed by atoms with Crippen LogP contribution in [0.4, 0.5) is 0 Å². The number of rotatable bonds is 0. The van der Waals surface area contributed by atoms with Crippen LogP contribution in [-0.4, -0.2) is 0 Å². The van der Waals surface area contributed by atoms with Gasteiger partial charge in [0.15, 0.2) is 0 Å². The summed E-state index contributed by atoms with van der Waals surface area (Å²) in [4.78, 5) is 0. The van der Waals surface area contributed by atoms with Crippen LogP contribution in [0.3, 0.4) is 0 Å². The summed E-state index contributed by atoms with van der Waals surface area (Å²) in [5.41, 5.74) is 0. The van der Waals surface area contributed by atoms with E-state index in [1.165, 1.54) is 57.8 Å². The van der Waals surface area contributed by atoms with Crippen molar-refractivity contribution in [1.29, 1.82) is 0 Å². The smallest absolute Gasteiger partial charge is 0.0590 e. The van der Waals surface area contributed by atoms with Gasteiger partial charge in [-0.15, -0.1) is 0 Å². The van der Waals surface area contributed by atoms with E-state index in [2.05, 4.69) is 125 Å². The third kappa shape index (κ3) is 0. The van der Waals surface area contributed by atoms with Gasteiger partial charge in [-0.3, -0.25) is 0 Å². The number of hydrogen-bond donors (Lipinski definition) is 0. The van der Waals surface area contributed by atoms with E-state index < -0.39 is 0 Å². The molecule has 0 aromatic heterocycles. The Morgan fingerprint density at radius 1 is 0.172 bits per heavy atom. The van der Waals surface area contributed by atoms with Crippen LogP contribution >= 0.6 is 0 Å². The van der Waals surface area contributed by atoms with Crippen molar-refractivity contribution < 1.29 is 0 Å². The predicted octanol–water partition coefficient (Wildman–Crippen LogP) is 13.8.